The summed E-state index contributed by atoms with van der Waals surface area (Å²) in [7, 11) is 0. The van der Waals surface area contributed by atoms with Crippen LogP contribution >= 0.6 is 0 Å². The van der Waals surface area contributed by atoms with Crippen molar-refractivity contribution in [3.8, 4) is 0 Å². The topological polar surface area (TPSA) is 128 Å². The highest BCUT2D eigenvalue weighted by Gasteiger charge is 2.58. The molecule has 5 N–H and O–H groups in total. The summed E-state index contributed by atoms with van der Waals surface area (Å²) in [6.45, 7) is -0.515. The maximum absolute atomic E-state index is 10.3. The summed E-state index contributed by atoms with van der Waals surface area (Å²) in [4.78, 5) is 8.48. The number of aromatic nitrogens is 1. The molecule has 5 atom stereocenters. The predicted molar refractivity (Wildman–Crippen MR) is 83.2 cm³/mol. The van der Waals surface area contributed by atoms with E-state index in [1.807, 2.05) is 24.3 Å². The van der Waals surface area contributed by atoms with Gasteiger partial charge in [0, 0.05) is 22.7 Å². The fourth-order valence-corrected chi connectivity index (χ4v) is 3.31. The zero-order valence-electron chi connectivity index (χ0n) is 12.7. The molecule has 1 aromatic carbocycles. The molecule has 8 heteroatoms. The molecule has 1 saturated heterocycles. The lowest BCUT2D eigenvalue weighted by Crippen LogP contribution is -2.65. The first kappa shape index (κ1) is 15.6. The van der Waals surface area contributed by atoms with E-state index in [1.54, 1.807) is 6.20 Å². The molecule has 1 fully saturated rings. The first-order valence-electron chi connectivity index (χ1n) is 7.70. The number of benzene rings is 1. The summed E-state index contributed by atoms with van der Waals surface area (Å²) >= 11 is 0. The highest BCUT2D eigenvalue weighted by atomic mass is 16.8. The molecule has 8 nitrogen and oxygen atoms in total. The minimum Gasteiger partial charge on any atom is -0.394 e. The third-order valence-corrected chi connectivity index (χ3v) is 4.66. The van der Waals surface area contributed by atoms with Gasteiger partial charge < -0.3 is 35.0 Å². The first-order chi connectivity index (χ1) is 11.6. The molecule has 128 valence electrons. The van der Waals surface area contributed by atoms with E-state index < -0.39 is 36.8 Å². The molecule has 4 rings (SSSR count). The summed E-state index contributed by atoms with van der Waals surface area (Å²) < 4.78 is 5.56. The minimum absolute atomic E-state index is 0.0797. The number of aromatic amines is 1. The number of nitrogens with one attached hydrogen (secondary N) is 1. The van der Waals surface area contributed by atoms with Gasteiger partial charge in [-0.2, -0.15) is 0 Å². The normalized spacial score (nSPS) is 36.1. The number of oxime groups is 1. The van der Waals surface area contributed by atoms with Crippen LogP contribution in [-0.2, 0) is 9.57 Å². The second kappa shape index (κ2) is 5.54. The van der Waals surface area contributed by atoms with Crippen molar-refractivity contribution in [3.63, 3.8) is 0 Å². The zero-order chi connectivity index (χ0) is 16.9. The van der Waals surface area contributed by atoms with Gasteiger partial charge in [0.2, 0.25) is 0 Å². The minimum atomic E-state index is -1.63. The molecule has 1 aromatic heterocycles. The van der Waals surface area contributed by atoms with Crippen molar-refractivity contribution in [2.45, 2.75) is 36.6 Å². The highest BCUT2D eigenvalue weighted by Crippen LogP contribution is 2.39. The molecule has 0 unspecified atom stereocenters. The van der Waals surface area contributed by atoms with Gasteiger partial charge in [-0.25, -0.2) is 0 Å². The molecule has 2 aromatic rings. The summed E-state index contributed by atoms with van der Waals surface area (Å²) in [6.07, 6.45) is -3.61. The number of aliphatic hydroxyl groups is 4. The van der Waals surface area contributed by atoms with Crippen molar-refractivity contribution in [3.05, 3.63) is 36.0 Å². The van der Waals surface area contributed by atoms with Gasteiger partial charge in [-0.15, -0.1) is 0 Å². The van der Waals surface area contributed by atoms with Crippen LogP contribution in [0.3, 0.4) is 0 Å². The summed E-state index contributed by atoms with van der Waals surface area (Å²) in [5.41, 5.74) is 2.29. The summed E-state index contributed by atoms with van der Waals surface area (Å²) in [6, 6.07) is 7.68. The molecule has 0 radical (unpaired) electrons. The molecule has 1 spiro atoms. The van der Waals surface area contributed by atoms with E-state index in [9.17, 15) is 20.4 Å². The van der Waals surface area contributed by atoms with Gasteiger partial charge in [-0.3, -0.25) is 0 Å². The lowest BCUT2D eigenvalue weighted by Gasteiger charge is -2.44. The molecule has 2 aliphatic heterocycles. The van der Waals surface area contributed by atoms with Gasteiger partial charge in [-0.05, 0) is 6.07 Å². The number of aliphatic hydroxyl groups excluding tert-OH is 4. The van der Waals surface area contributed by atoms with Gasteiger partial charge in [0.1, 0.15) is 18.3 Å². The van der Waals surface area contributed by atoms with E-state index in [0.717, 1.165) is 16.5 Å². The Bertz CT molecular complexity index is 788. The Kier molecular flexibility index (Phi) is 3.59. The van der Waals surface area contributed by atoms with Crippen LogP contribution in [0.4, 0.5) is 0 Å². The van der Waals surface area contributed by atoms with Crippen LogP contribution in [0.2, 0.25) is 0 Å². The molecule has 0 amide bonds. The number of para-hydroxylation sites is 1. The van der Waals surface area contributed by atoms with Gasteiger partial charge >= 0.3 is 0 Å². The van der Waals surface area contributed by atoms with Crippen molar-refractivity contribution >= 4 is 16.6 Å². The van der Waals surface area contributed by atoms with Crippen LogP contribution in [-0.4, -0.2) is 67.9 Å². The van der Waals surface area contributed by atoms with Crippen LogP contribution in [0, 0.1) is 0 Å². The lowest BCUT2D eigenvalue weighted by molar-refractivity contribution is -0.355. The van der Waals surface area contributed by atoms with E-state index in [-0.39, 0.29) is 6.42 Å². The molecule has 0 bridgehead atoms. The number of ether oxygens (including phenoxy) is 1. The van der Waals surface area contributed by atoms with Crippen molar-refractivity contribution in [1.82, 2.24) is 4.98 Å². The monoisotopic (exact) mass is 334 g/mol. The van der Waals surface area contributed by atoms with Crippen molar-refractivity contribution in [2.24, 2.45) is 5.16 Å². The maximum atomic E-state index is 10.3. The molecule has 24 heavy (non-hydrogen) atoms. The quantitative estimate of drug-likeness (QED) is 0.502. The molecule has 0 aliphatic carbocycles. The Labute approximate surface area is 136 Å². The Morgan fingerprint density at radius 1 is 1.21 bits per heavy atom. The van der Waals surface area contributed by atoms with Crippen molar-refractivity contribution in [2.75, 3.05) is 6.61 Å². The number of fused-ring (bicyclic) bond motifs is 1. The fourth-order valence-electron chi connectivity index (χ4n) is 3.31. The summed E-state index contributed by atoms with van der Waals surface area (Å²) in [5, 5.41) is 44.5. The Balaban J connectivity index is 1.65. The Morgan fingerprint density at radius 3 is 2.79 bits per heavy atom. The van der Waals surface area contributed by atoms with Crippen LogP contribution in [0.25, 0.3) is 10.9 Å². The first-order valence-corrected chi connectivity index (χ1v) is 7.70. The number of hydrogen-bond donors (Lipinski definition) is 5. The van der Waals surface area contributed by atoms with Crippen LogP contribution in [0.5, 0.6) is 0 Å². The van der Waals surface area contributed by atoms with Gasteiger partial charge in [-0.1, -0.05) is 23.4 Å². The van der Waals surface area contributed by atoms with Crippen LogP contribution in [0.15, 0.2) is 35.6 Å². The van der Waals surface area contributed by atoms with E-state index in [4.69, 9.17) is 9.57 Å². The number of nitrogens with zero attached hydrogens (tertiary/aromatic N) is 1. The van der Waals surface area contributed by atoms with E-state index in [0.29, 0.717) is 5.71 Å². The molecular formula is C16H18N2O6. The fraction of sp³-hybridized carbons (Fsp3) is 0.438. The average molecular weight is 334 g/mol. The number of rotatable bonds is 2. The van der Waals surface area contributed by atoms with E-state index >= 15 is 0 Å². The average Bonchev–Trinajstić information content (AvgIpc) is 3.21. The smallest absolute Gasteiger partial charge is 0.271 e. The van der Waals surface area contributed by atoms with Gasteiger partial charge in [0.25, 0.3) is 5.79 Å². The number of H-pyrrole nitrogens is 1. The number of hydrogen-bond acceptors (Lipinski definition) is 7. The van der Waals surface area contributed by atoms with Gasteiger partial charge in [0.15, 0.2) is 6.10 Å². The predicted octanol–water partition coefficient (Wildman–Crippen LogP) is -0.538. The Morgan fingerprint density at radius 2 is 2.00 bits per heavy atom. The SMILES string of the molecule is OC[C@H]1O[C@@]2(CC(c3c[nH]c4ccccc34)=NO2)[C@H](O)[C@@H](O)[C@@H]1O. The molecular weight excluding hydrogens is 316 g/mol. The van der Waals surface area contributed by atoms with E-state index in [2.05, 4.69) is 10.1 Å². The van der Waals surface area contributed by atoms with Crippen molar-refractivity contribution in [1.29, 1.82) is 0 Å². The molecule has 0 saturated carbocycles. The third-order valence-electron chi connectivity index (χ3n) is 4.66. The standard InChI is InChI=1S/C16H18N2O6/c19-7-12-13(20)14(21)15(22)16(23-12)5-11(18-24-16)9-6-17-10-4-2-1-3-8(9)10/h1-4,6,12-15,17,19-22H,5,7H2/t12-,13-,14+,15-,16-/m1/s1. The van der Waals surface area contributed by atoms with Crippen molar-refractivity contribution < 1.29 is 30.0 Å². The zero-order valence-corrected chi connectivity index (χ0v) is 12.7. The molecule has 3 heterocycles. The second-order valence-corrected chi connectivity index (χ2v) is 6.13. The highest BCUT2D eigenvalue weighted by molar-refractivity contribution is 6.11. The van der Waals surface area contributed by atoms with Gasteiger partial charge in [0.05, 0.1) is 18.7 Å². The van der Waals surface area contributed by atoms with Crippen LogP contribution < -0.4 is 0 Å². The lowest BCUT2D eigenvalue weighted by atomic mass is 9.89. The largest absolute Gasteiger partial charge is 0.394 e. The van der Waals surface area contributed by atoms with E-state index in [1.165, 1.54) is 0 Å². The maximum Gasteiger partial charge on any atom is 0.271 e. The Hall–Kier alpha value is -1.97. The second-order valence-electron chi connectivity index (χ2n) is 6.13. The molecule has 2 aliphatic rings. The summed E-state index contributed by atoms with van der Waals surface area (Å²) in [5.74, 6) is -1.63. The van der Waals surface area contributed by atoms with Crippen LogP contribution in [0.1, 0.15) is 12.0 Å². The third kappa shape index (κ3) is 2.15.